The van der Waals surface area contributed by atoms with E-state index in [0.717, 1.165) is 22.6 Å². The van der Waals surface area contributed by atoms with E-state index in [4.69, 9.17) is 0 Å². The number of halogens is 2. The maximum absolute atomic E-state index is 12.6. The first-order valence-corrected chi connectivity index (χ1v) is 7.69. The fraction of sp³-hybridized carbons (Fsp3) is 0.333. The molecule has 112 valence electrons. The van der Waals surface area contributed by atoms with E-state index in [0.29, 0.717) is 18.7 Å². The average Bonchev–Trinajstić information content (AvgIpc) is 3.04. The highest BCUT2D eigenvalue weighted by Crippen LogP contribution is 2.31. The van der Waals surface area contributed by atoms with Crippen molar-refractivity contribution in [2.45, 2.75) is 24.3 Å². The smallest absolute Gasteiger partial charge is 0.266 e. The Morgan fingerprint density at radius 3 is 2.90 bits per heavy atom. The Morgan fingerprint density at radius 2 is 2.14 bits per heavy atom. The molecule has 0 bridgehead atoms. The zero-order chi connectivity index (χ0) is 15.0. The molecule has 0 fully saturated rings. The summed E-state index contributed by atoms with van der Waals surface area (Å²) in [6.45, 7) is -0.320. The molecule has 2 aromatic heterocycles. The van der Waals surface area contributed by atoms with Gasteiger partial charge in [-0.1, -0.05) is 0 Å². The minimum atomic E-state index is -3.79. The lowest BCUT2D eigenvalue weighted by Crippen LogP contribution is -2.28. The van der Waals surface area contributed by atoms with Gasteiger partial charge in [-0.25, -0.2) is 17.2 Å². The first-order chi connectivity index (χ1) is 9.98. The van der Waals surface area contributed by atoms with Crippen molar-refractivity contribution in [3.05, 3.63) is 36.4 Å². The summed E-state index contributed by atoms with van der Waals surface area (Å²) in [6, 6.07) is 1.63. The van der Waals surface area contributed by atoms with Gasteiger partial charge in [-0.3, -0.25) is 14.0 Å². The molecule has 3 rings (SSSR count). The summed E-state index contributed by atoms with van der Waals surface area (Å²) in [5.74, 6) is 0. The molecule has 6 nitrogen and oxygen atoms in total. The van der Waals surface area contributed by atoms with Gasteiger partial charge in [0.25, 0.3) is 16.4 Å². The number of aromatic nitrogens is 3. The summed E-state index contributed by atoms with van der Waals surface area (Å²) >= 11 is 0. The zero-order valence-electron chi connectivity index (χ0n) is 10.9. The topological polar surface area (TPSA) is 68.1 Å². The Hall–Kier alpha value is -2.03. The second-order valence-electron chi connectivity index (χ2n) is 4.62. The number of alkyl halides is 2. The summed E-state index contributed by atoms with van der Waals surface area (Å²) in [6.07, 6.45) is 3.36. The van der Waals surface area contributed by atoms with E-state index >= 15 is 0 Å². The highest BCUT2D eigenvalue weighted by Gasteiger charge is 2.31. The van der Waals surface area contributed by atoms with Crippen LogP contribution < -0.4 is 4.31 Å². The van der Waals surface area contributed by atoms with Gasteiger partial charge in [0.15, 0.2) is 0 Å². The van der Waals surface area contributed by atoms with Gasteiger partial charge >= 0.3 is 0 Å². The Labute approximate surface area is 120 Å². The Balaban J connectivity index is 1.93. The SMILES string of the molecule is O=S(=O)(c1cnn(CC(F)F)c1)N1CCc2cnccc21. The minimum absolute atomic E-state index is 0.0900. The quantitative estimate of drug-likeness (QED) is 0.853. The molecule has 0 unspecified atom stereocenters. The summed E-state index contributed by atoms with van der Waals surface area (Å²) in [7, 11) is -3.79. The van der Waals surface area contributed by atoms with Crippen molar-refractivity contribution in [3.8, 4) is 0 Å². The largest absolute Gasteiger partial charge is 0.267 e. The van der Waals surface area contributed by atoms with E-state index in [1.54, 1.807) is 12.3 Å². The molecule has 3 heterocycles. The molecule has 21 heavy (non-hydrogen) atoms. The number of hydrogen-bond acceptors (Lipinski definition) is 4. The van der Waals surface area contributed by atoms with Crippen molar-refractivity contribution in [2.75, 3.05) is 10.8 Å². The highest BCUT2D eigenvalue weighted by molar-refractivity contribution is 7.92. The van der Waals surface area contributed by atoms with Crippen LogP contribution in [0.15, 0.2) is 35.7 Å². The van der Waals surface area contributed by atoms with E-state index in [1.807, 2.05) is 0 Å². The number of pyridine rings is 1. The van der Waals surface area contributed by atoms with E-state index in [9.17, 15) is 17.2 Å². The van der Waals surface area contributed by atoms with Crippen LogP contribution in [0.4, 0.5) is 14.5 Å². The molecule has 0 saturated carbocycles. The molecule has 2 aromatic rings. The summed E-state index contributed by atoms with van der Waals surface area (Å²) in [5, 5.41) is 3.67. The lowest BCUT2D eigenvalue weighted by Gasteiger charge is -2.18. The van der Waals surface area contributed by atoms with Crippen molar-refractivity contribution < 1.29 is 17.2 Å². The van der Waals surface area contributed by atoms with Crippen molar-refractivity contribution in [2.24, 2.45) is 0 Å². The Morgan fingerprint density at radius 1 is 1.33 bits per heavy atom. The molecule has 1 aliphatic rings. The van der Waals surface area contributed by atoms with Crippen LogP contribution in [-0.2, 0) is 23.0 Å². The fourth-order valence-electron chi connectivity index (χ4n) is 2.29. The monoisotopic (exact) mass is 314 g/mol. The summed E-state index contributed by atoms with van der Waals surface area (Å²) < 4.78 is 51.9. The van der Waals surface area contributed by atoms with Gasteiger partial charge in [-0.2, -0.15) is 5.10 Å². The van der Waals surface area contributed by atoms with Crippen LogP contribution in [0.1, 0.15) is 5.56 Å². The van der Waals surface area contributed by atoms with Gasteiger partial charge in [0, 0.05) is 25.1 Å². The Bertz CT molecular complexity index is 760. The number of rotatable bonds is 4. The van der Waals surface area contributed by atoms with Crippen molar-refractivity contribution in [3.63, 3.8) is 0 Å². The van der Waals surface area contributed by atoms with Crippen LogP contribution in [0.2, 0.25) is 0 Å². The molecular weight excluding hydrogens is 302 g/mol. The van der Waals surface area contributed by atoms with Gasteiger partial charge in [-0.05, 0) is 18.1 Å². The fourth-order valence-corrected chi connectivity index (χ4v) is 3.75. The maximum Gasteiger partial charge on any atom is 0.267 e. The third-order valence-electron chi connectivity index (χ3n) is 3.25. The summed E-state index contributed by atoms with van der Waals surface area (Å²) in [5.41, 5.74) is 1.42. The third kappa shape index (κ3) is 2.48. The molecule has 0 spiro atoms. The average molecular weight is 314 g/mol. The number of fused-ring (bicyclic) bond motifs is 1. The van der Waals surface area contributed by atoms with E-state index in [-0.39, 0.29) is 4.90 Å². The van der Waals surface area contributed by atoms with E-state index < -0.39 is 23.0 Å². The van der Waals surface area contributed by atoms with Gasteiger partial charge in [0.1, 0.15) is 11.4 Å². The first kappa shape index (κ1) is 13.9. The van der Waals surface area contributed by atoms with Gasteiger partial charge in [0.05, 0.1) is 11.9 Å². The van der Waals surface area contributed by atoms with Crippen LogP contribution >= 0.6 is 0 Å². The van der Waals surface area contributed by atoms with Crippen molar-refractivity contribution >= 4 is 15.7 Å². The van der Waals surface area contributed by atoms with E-state index in [2.05, 4.69) is 10.1 Å². The normalized spacial score (nSPS) is 14.7. The lowest BCUT2D eigenvalue weighted by molar-refractivity contribution is 0.121. The highest BCUT2D eigenvalue weighted by atomic mass is 32.2. The predicted molar refractivity (Wildman–Crippen MR) is 70.7 cm³/mol. The standard InChI is InChI=1S/C12H12F2N4O2S/c13-12(14)8-17-7-10(6-16-17)21(19,20)18-4-2-9-5-15-3-1-11(9)18/h1,3,5-7,12H,2,4,8H2. The number of hydrogen-bond donors (Lipinski definition) is 0. The molecule has 0 aliphatic carbocycles. The molecule has 0 saturated heterocycles. The van der Waals surface area contributed by atoms with Crippen LogP contribution in [0.3, 0.4) is 0 Å². The number of nitrogens with zero attached hydrogens (tertiary/aromatic N) is 4. The van der Waals surface area contributed by atoms with Gasteiger partial charge in [0.2, 0.25) is 0 Å². The molecule has 0 radical (unpaired) electrons. The van der Waals surface area contributed by atoms with Crippen LogP contribution in [0.25, 0.3) is 0 Å². The van der Waals surface area contributed by atoms with Crippen LogP contribution in [-0.4, -0.2) is 36.2 Å². The van der Waals surface area contributed by atoms with Crippen LogP contribution in [0, 0.1) is 0 Å². The van der Waals surface area contributed by atoms with Crippen molar-refractivity contribution in [1.29, 1.82) is 0 Å². The third-order valence-corrected chi connectivity index (χ3v) is 5.02. The Kier molecular flexibility index (Phi) is 3.36. The molecule has 0 atom stereocenters. The van der Waals surface area contributed by atoms with Crippen LogP contribution in [0.5, 0.6) is 0 Å². The second kappa shape index (κ2) is 5.06. The second-order valence-corrected chi connectivity index (χ2v) is 6.48. The summed E-state index contributed by atoms with van der Waals surface area (Å²) in [4.78, 5) is 3.87. The molecule has 1 aliphatic heterocycles. The number of sulfonamides is 1. The lowest BCUT2D eigenvalue weighted by atomic mass is 10.2. The molecule has 9 heteroatoms. The zero-order valence-corrected chi connectivity index (χ0v) is 11.7. The van der Waals surface area contributed by atoms with Crippen molar-refractivity contribution in [1.82, 2.24) is 14.8 Å². The van der Waals surface area contributed by atoms with Gasteiger partial charge < -0.3 is 0 Å². The predicted octanol–water partition coefficient (Wildman–Crippen LogP) is 1.29. The molecule has 0 N–H and O–H groups in total. The molecular formula is C12H12F2N4O2S. The minimum Gasteiger partial charge on any atom is -0.266 e. The molecule has 0 amide bonds. The molecule has 0 aromatic carbocycles. The first-order valence-electron chi connectivity index (χ1n) is 6.25. The van der Waals surface area contributed by atoms with Gasteiger partial charge in [-0.15, -0.1) is 0 Å². The maximum atomic E-state index is 12.6. The van der Waals surface area contributed by atoms with E-state index in [1.165, 1.54) is 10.5 Å². The number of anilines is 1.